The van der Waals surface area contributed by atoms with Crippen molar-refractivity contribution in [2.75, 3.05) is 19.6 Å². The summed E-state index contributed by atoms with van der Waals surface area (Å²) < 4.78 is 0. The van der Waals surface area contributed by atoms with Crippen molar-refractivity contribution in [2.24, 2.45) is 0 Å². The van der Waals surface area contributed by atoms with Gasteiger partial charge in [0.1, 0.15) is 5.60 Å². The zero-order valence-electron chi connectivity index (χ0n) is 10.5. The van der Waals surface area contributed by atoms with Gasteiger partial charge in [0.2, 0.25) is 0 Å². The Kier molecular flexibility index (Phi) is 3.04. The highest BCUT2D eigenvalue weighted by Gasteiger charge is 2.37. The maximum atomic E-state index is 10.7. The van der Waals surface area contributed by atoms with E-state index in [1.54, 1.807) is 0 Å². The van der Waals surface area contributed by atoms with Gasteiger partial charge < -0.3 is 10.0 Å². The Balaban J connectivity index is 2.33. The normalized spacial score (nSPS) is 26.2. The molecule has 0 radical (unpaired) electrons. The van der Waals surface area contributed by atoms with Crippen LogP contribution in [0.2, 0.25) is 0 Å². The van der Waals surface area contributed by atoms with Crippen LogP contribution in [0.3, 0.4) is 0 Å². The van der Waals surface area contributed by atoms with Crippen molar-refractivity contribution < 1.29 is 5.11 Å². The van der Waals surface area contributed by atoms with Crippen molar-refractivity contribution in [1.82, 2.24) is 4.90 Å². The second-order valence-electron chi connectivity index (χ2n) is 4.97. The Bertz CT molecular complexity index is 388. The molecular formula is C14H21NO. The van der Waals surface area contributed by atoms with Crippen LogP contribution in [-0.2, 0) is 5.60 Å². The number of nitrogens with zero attached hydrogens (tertiary/aromatic N) is 1. The maximum Gasteiger partial charge on any atom is 0.104 e. The lowest BCUT2D eigenvalue weighted by Crippen LogP contribution is -2.31. The molecule has 2 rings (SSSR count). The molecule has 0 bridgehead atoms. The van der Waals surface area contributed by atoms with Crippen LogP contribution in [-0.4, -0.2) is 29.6 Å². The van der Waals surface area contributed by atoms with E-state index in [-0.39, 0.29) is 0 Å². The van der Waals surface area contributed by atoms with Gasteiger partial charge in [0.15, 0.2) is 0 Å². The summed E-state index contributed by atoms with van der Waals surface area (Å²) in [7, 11) is 0. The molecule has 2 heteroatoms. The first-order valence-electron chi connectivity index (χ1n) is 6.07. The van der Waals surface area contributed by atoms with E-state index >= 15 is 0 Å². The molecule has 1 saturated heterocycles. The summed E-state index contributed by atoms with van der Waals surface area (Å²) in [6.45, 7) is 9.11. The number of likely N-dealkylation sites (N-methyl/N-ethyl adjacent to an activating group) is 1. The topological polar surface area (TPSA) is 23.5 Å². The third-order valence-electron chi connectivity index (χ3n) is 3.67. The van der Waals surface area contributed by atoms with Crippen LogP contribution in [0.5, 0.6) is 0 Å². The quantitative estimate of drug-likeness (QED) is 0.824. The van der Waals surface area contributed by atoms with Gasteiger partial charge in [-0.25, -0.2) is 0 Å². The average Bonchev–Trinajstić information content (AvgIpc) is 2.65. The lowest BCUT2D eigenvalue weighted by atomic mass is 9.88. The molecule has 1 heterocycles. The minimum Gasteiger partial charge on any atom is -0.384 e. The summed E-state index contributed by atoms with van der Waals surface area (Å²) in [6, 6.07) is 6.35. The van der Waals surface area contributed by atoms with Gasteiger partial charge in [-0.15, -0.1) is 0 Å². The molecule has 88 valence electrons. The highest BCUT2D eigenvalue weighted by molar-refractivity contribution is 5.36. The van der Waals surface area contributed by atoms with E-state index in [0.717, 1.165) is 31.6 Å². The number of rotatable bonds is 2. The van der Waals surface area contributed by atoms with Gasteiger partial charge in [-0.2, -0.15) is 0 Å². The Morgan fingerprint density at radius 2 is 2.12 bits per heavy atom. The first kappa shape index (κ1) is 11.6. The second kappa shape index (κ2) is 4.19. The zero-order valence-corrected chi connectivity index (χ0v) is 10.5. The smallest absolute Gasteiger partial charge is 0.104 e. The van der Waals surface area contributed by atoms with E-state index in [9.17, 15) is 5.11 Å². The first-order valence-corrected chi connectivity index (χ1v) is 6.07. The largest absolute Gasteiger partial charge is 0.384 e. The molecular weight excluding hydrogens is 198 g/mol. The van der Waals surface area contributed by atoms with Gasteiger partial charge in [-0.1, -0.05) is 30.7 Å². The summed E-state index contributed by atoms with van der Waals surface area (Å²) in [5.41, 5.74) is 2.91. The van der Waals surface area contributed by atoms with Crippen LogP contribution in [0.25, 0.3) is 0 Å². The fourth-order valence-electron chi connectivity index (χ4n) is 2.60. The van der Waals surface area contributed by atoms with Gasteiger partial charge in [0, 0.05) is 13.1 Å². The van der Waals surface area contributed by atoms with Crippen LogP contribution in [0.4, 0.5) is 0 Å². The number of likely N-dealkylation sites (tertiary alicyclic amines) is 1. The Labute approximate surface area is 97.9 Å². The van der Waals surface area contributed by atoms with Gasteiger partial charge in [-0.05, 0) is 37.9 Å². The standard InChI is InChI=1S/C14H21NO/c1-4-15-8-7-14(16,10-15)13-9-11(2)5-6-12(13)3/h5-6,9,16H,4,7-8,10H2,1-3H3. The van der Waals surface area contributed by atoms with Crippen LogP contribution in [0, 0.1) is 13.8 Å². The second-order valence-corrected chi connectivity index (χ2v) is 4.97. The van der Waals surface area contributed by atoms with Gasteiger partial charge in [0.05, 0.1) is 0 Å². The number of aryl methyl sites for hydroxylation is 2. The molecule has 1 atom stereocenters. The molecule has 1 aliphatic heterocycles. The zero-order chi connectivity index (χ0) is 11.8. The molecule has 1 aliphatic rings. The molecule has 0 spiro atoms. The monoisotopic (exact) mass is 219 g/mol. The molecule has 0 aromatic heterocycles. The number of benzene rings is 1. The van der Waals surface area contributed by atoms with Crippen LogP contribution < -0.4 is 0 Å². The maximum absolute atomic E-state index is 10.7. The van der Waals surface area contributed by atoms with E-state index in [1.807, 2.05) is 0 Å². The minimum atomic E-state index is -0.633. The van der Waals surface area contributed by atoms with Crippen LogP contribution in [0.1, 0.15) is 30.0 Å². The molecule has 2 nitrogen and oxygen atoms in total. The van der Waals surface area contributed by atoms with Crippen molar-refractivity contribution in [2.45, 2.75) is 32.8 Å². The molecule has 1 aromatic rings. The molecule has 1 unspecified atom stereocenters. The number of aliphatic hydroxyl groups is 1. The SMILES string of the molecule is CCN1CCC(O)(c2cc(C)ccc2C)C1. The number of hydrogen-bond donors (Lipinski definition) is 1. The van der Waals surface area contributed by atoms with E-state index in [0.29, 0.717) is 0 Å². The van der Waals surface area contributed by atoms with Crippen molar-refractivity contribution in [3.63, 3.8) is 0 Å². The lowest BCUT2D eigenvalue weighted by molar-refractivity contribution is 0.0461. The molecule has 0 amide bonds. The van der Waals surface area contributed by atoms with Crippen molar-refractivity contribution >= 4 is 0 Å². The van der Waals surface area contributed by atoms with Crippen LogP contribution in [0.15, 0.2) is 18.2 Å². The summed E-state index contributed by atoms with van der Waals surface area (Å²) >= 11 is 0. The Morgan fingerprint density at radius 1 is 1.38 bits per heavy atom. The fraction of sp³-hybridized carbons (Fsp3) is 0.571. The fourth-order valence-corrected chi connectivity index (χ4v) is 2.60. The summed E-state index contributed by atoms with van der Waals surface area (Å²) in [4.78, 5) is 2.31. The van der Waals surface area contributed by atoms with Gasteiger partial charge >= 0.3 is 0 Å². The van der Waals surface area contributed by atoms with E-state index < -0.39 is 5.60 Å². The third-order valence-corrected chi connectivity index (χ3v) is 3.67. The summed E-state index contributed by atoms with van der Waals surface area (Å²) in [5.74, 6) is 0. The van der Waals surface area contributed by atoms with E-state index in [1.165, 1.54) is 11.1 Å². The van der Waals surface area contributed by atoms with E-state index in [2.05, 4.69) is 43.9 Å². The molecule has 0 saturated carbocycles. The van der Waals surface area contributed by atoms with Gasteiger partial charge in [-0.3, -0.25) is 0 Å². The molecule has 16 heavy (non-hydrogen) atoms. The average molecular weight is 219 g/mol. The molecule has 1 aromatic carbocycles. The molecule has 1 N–H and O–H groups in total. The predicted octanol–water partition coefficient (Wildman–Crippen LogP) is 2.22. The van der Waals surface area contributed by atoms with Gasteiger partial charge in [0.25, 0.3) is 0 Å². The third kappa shape index (κ3) is 2.00. The number of hydrogen-bond acceptors (Lipinski definition) is 2. The van der Waals surface area contributed by atoms with Crippen molar-refractivity contribution in [3.05, 3.63) is 34.9 Å². The highest BCUT2D eigenvalue weighted by Crippen LogP contribution is 2.34. The summed E-state index contributed by atoms with van der Waals surface area (Å²) in [5, 5.41) is 10.7. The minimum absolute atomic E-state index is 0.633. The molecule has 0 aliphatic carbocycles. The predicted molar refractivity (Wildman–Crippen MR) is 66.5 cm³/mol. The molecule has 1 fully saturated rings. The Hall–Kier alpha value is -0.860. The first-order chi connectivity index (χ1) is 7.55. The number of β-amino-alcohol motifs (C(OH)–C–C–N with tert-alkyl or cyclic N) is 1. The van der Waals surface area contributed by atoms with Crippen molar-refractivity contribution in [1.29, 1.82) is 0 Å². The van der Waals surface area contributed by atoms with E-state index in [4.69, 9.17) is 0 Å². The van der Waals surface area contributed by atoms with Crippen LogP contribution >= 0.6 is 0 Å². The summed E-state index contributed by atoms with van der Waals surface area (Å²) in [6.07, 6.45) is 0.852. The van der Waals surface area contributed by atoms with Crippen molar-refractivity contribution in [3.8, 4) is 0 Å². The lowest BCUT2D eigenvalue weighted by Gasteiger charge is -2.26. The highest BCUT2D eigenvalue weighted by atomic mass is 16.3. The Morgan fingerprint density at radius 3 is 2.75 bits per heavy atom.